The first-order valence-corrected chi connectivity index (χ1v) is 15.6. The largest absolute Gasteiger partial charge is 0.478 e. The lowest BCUT2D eigenvalue weighted by molar-refractivity contribution is -0.116. The lowest BCUT2D eigenvalue weighted by atomic mass is 10.1. The molecule has 0 aliphatic rings. The van der Waals surface area contributed by atoms with Gasteiger partial charge in [0.1, 0.15) is 10.9 Å². The number of thioether (sulfide) groups is 1. The average Bonchev–Trinajstić information content (AvgIpc) is 3.09. The van der Waals surface area contributed by atoms with Gasteiger partial charge in [0.2, 0.25) is 5.91 Å². The molecule has 0 heterocycles. The Hall–Kier alpha value is -5.93. The SMILES string of the molecule is Cc1ccccc1/C=C(\NC(=O)c1ccccc1)C(=O)Nc1cccc(SC(C(=O)Nc2ccc(C(=O)O)cc2)c2ccccc2)c1. The highest BCUT2D eigenvalue weighted by atomic mass is 32.2. The van der Waals surface area contributed by atoms with Gasteiger partial charge in [-0.3, -0.25) is 14.4 Å². The normalized spacial score (nSPS) is 11.6. The Morgan fingerprint density at radius 3 is 2.02 bits per heavy atom. The van der Waals surface area contributed by atoms with Crippen LogP contribution in [0, 0.1) is 6.92 Å². The molecule has 5 aromatic carbocycles. The molecule has 9 heteroatoms. The maximum Gasteiger partial charge on any atom is 0.335 e. The van der Waals surface area contributed by atoms with Crippen molar-refractivity contribution in [3.8, 4) is 0 Å². The van der Waals surface area contributed by atoms with Gasteiger partial charge in [0, 0.05) is 21.8 Å². The molecule has 0 aliphatic heterocycles. The third kappa shape index (κ3) is 8.84. The van der Waals surface area contributed by atoms with Gasteiger partial charge in [0.25, 0.3) is 11.8 Å². The van der Waals surface area contributed by atoms with Crippen LogP contribution in [0.2, 0.25) is 0 Å². The molecule has 47 heavy (non-hydrogen) atoms. The summed E-state index contributed by atoms with van der Waals surface area (Å²) in [6.45, 7) is 1.92. The van der Waals surface area contributed by atoms with E-state index < -0.39 is 23.0 Å². The maximum absolute atomic E-state index is 13.6. The Morgan fingerprint density at radius 2 is 1.34 bits per heavy atom. The summed E-state index contributed by atoms with van der Waals surface area (Å²) in [5.74, 6) is -2.28. The zero-order valence-corrected chi connectivity index (χ0v) is 26.2. The fraction of sp³-hybridized carbons (Fsp3) is 0.0526. The van der Waals surface area contributed by atoms with Crippen LogP contribution in [0.1, 0.15) is 42.7 Å². The van der Waals surface area contributed by atoms with Gasteiger partial charge in [-0.05, 0) is 84.3 Å². The lowest BCUT2D eigenvalue weighted by Crippen LogP contribution is -2.30. The number of rotatable bonds is 11. The number of anilines is 2. The molecule has 0 aliphatic carbocycles. The number of carbonyl (C=O) groups is 4. The average molecular weight is 642 g/mol. The summed E-state index contributed by atoms with van der Waals surface area (Å²) in [5, 5.41) is 17.1. The first-order valence-electron chi connectivity index (χ1n) is 14.7. The van der Waals surface area contributed by atoms with Crippen molar-refractivity contribution in [1.29, 1.82) is 0 Å². The molecule has 5 rings (SSSR count). The van der Waals surface area contributed by atoms with Crippen LogP contribution in [0.4, 0.5) is 11.4 Å². The van der Waals surface area contributed by atoms with Gasteiger partial charge in [-0.2, -0.15) is 0 Å². The number of amides is 3. The van der Waals surface area contributed by atoms with Crippen molar-refractivity contribution in [2.45, 2.75) is 17.1 Å². The second-order valence-corrected chi connectivity index (χ2v) is 11.7. The van der Waals surface area contributed by atoms with Crippen LogP contribution in [0.25, 0.3) is 6.08 Å². The molecule has 8 nitrogen and oxygen atoms in total. The van der Waals surface area contributed by atoms with E-state index in [0.717, 1.165) is 16.7 Å². The Balaban J connectivity index is 1.37. The van der Waals surface area contributed by atoms with Crippen molar-refractivity contribution < 1.29 is 24.3 Å². The molecule has 0 aromatic heterocycles. The van der Waals surface area contributed by atoms with E-state index in [-0.39, 0.29) is 17.2 Å². The van der Waals surface area contributed by atoms with Gasteiger partial charge < -0.3 is 21.1 Å². The highest BCUT2D eigenvalue weighted by Gasteiger charge is 2.23. The van der Waals surface area contributed by atoms with Gasteiger partial charge in [-0.15, -0.1) is 11.8 Å². The van der Waals surface area contributed by atoms with Gasteiger partial charge in [-0.25, -0.2) is 4.79 Å². The monoisotopic (exact) mass is 641 g/mol. The van der Waals surface area contributed by atoms with Crippen molar-refractivity contribution in [2.75, 3.05) is 10.6 Å². The minimum atomic E-state index is -1.05. The molecule has 1 atom stereocenters. The standard InChI is InChI=1S/C38H31N3O5S/c1-25-11-8-9-16-29(25)23-33(41-35(42)27-14-6-3-7-15-27)36(43)40-31-17-10-18-32(24-31)47-34(26-12-4-2-5-13-26)37(44)39-30-21-19-28(20-22-30)38(45)46/h2-24,34H,1H3,(H,39,44)(H,40,43)(H,41,42)(H,45,46)/b33-23-. The molecule has 0 radical (unpaired) electrons. The predicted octanol–water partition coefficient (Wildman–Crippen LogP) is 7.57. The van der Waals surface area contributed by atoms with E-state index in [1.807, 2.05) is 73.7 Å². The first kappa shape index (κ1) is 32.5. The Morgan fingerprint density at radius 1 is 0.681 bits per heavy atom. The van der Waals surface area contributed by atoms with E-state index in [1.54, 1.807) is 60.7 Å². The van der Waals surface area contributed by atoms with Crippen molar-refractivity contribution in [2.24, 2.45) is 0 Å². The van der Waals surface area contributed by atoms with Crippen LogP contribution in [-0.4, -0.2) is 28.8 Å². The second-order valence-electron chi connectivity index (χ2n) is 10.5. The van der Waals surface area contributed by atoms with E-state index in [4.69, 9.17) is 0 Å². The van der Waals surface area contributed by atoms with Crippen LogP contribution in [-0.2, 0) is 9.59 Å². The molecule has 0 saturated heterocycles. The highest BCUT2D eigenvalue weighted by Crippen LogP contribution is 2.37. The summed E-state index contributed by atoms with van der Waals surface area (Å²) in [5.41, 5.74) is 4.03. The number of aromatic carboxylic acids is 1. The van der Waals surface area contributed by atoms with E-state index in [2.05, 4.69) is 16.0 Å². The molecule has 234 valence electrons. The van der Waals surface area contributed by atoms with Crippen molar-refractivity contribution >= 4 is 52.9 Å². The van der Waals surface area contributed by atoms with Crippen molar-refractivity contribution in [3.05, 3.63) is 167 Å². The summed E-state index contributed by atoms with van der Waals surface area (Å²) in [6, 6.07) is 38.5. The van der Waals surface area contributed by atoms with Crippen molar-refractivity contribution in [3.63, 3.8) is 0 Å². The Bertz CT molecular complexity index is 1930. The fourth-order valence-corrected chi connectivity index (χ4v) is 5.72. The van der Waals surface area contributed by atoms with Gasteiger partial charge in [-0.1, -0.05) is 78.9 Å². The highest BCUT2D eigenvalue weighted by molar-refractivity contribution is 8.00. The maximum atomic E-state index is 13.6. The van der Waals surface area contributed by atoms with Crippen LogP contribution in [0.5, 0.6) is 0 Å². The summed E-state index contributed by atoms with van der Waals surface area (Å²) < 4.78 is 0. The minimum absolute atomic E-state index is 0.0710. The fourth-order valence-electron chi connectivity index (χ4n) is 4.63. The first-order chi connectivity index (χ1) is 22.8. The number of carbonyl (C=O) groups excluding carboxylic acids is 3. The van der Waals surface area contributed by atoms with E-state index in [9.17, 15) is 24.3 Å². The number of carboxylic acids is 1. The summed E-state index contributed by atoms with van der Waals surface area (Å²) in [6.07, 6.45) is 1.64. The smallest absolute Gasteiger partial charge is 0.335 e. The van der Waals surface area contributed by atoms with E-state index >= 15 is 0 Å². The second kappa shape index (κ2) is 15.4. The third-order valence-electron chi connectivity index (χ3n) is 7.10. The Labute approximate surface area is 276 Å². The third-order valence-corrected chi connectivity index (χ3v) is 8.35. The molecule has 3 amide bonds. The molecule has 0 saturated carbocycles. The van der Waals surface area contributed by atoms with Crippen molar-refractivity contribution in [1.82, 2.24) is 5.32 Å². The molecule has 0 spiro atoms. The lowest BCUT2D eigenvalue weighted by Gasteiger charge is -2.18. The summed E-state index contributed by atoms with van der Waals surface area (Å²) in [7, 11) is 0. The van der Waals surface area contributed by atoms with E-state index in [1.165, 1.54) is 23.9 Å². The summed E-state index contributed by atoms with van der Waals surface area (Å²) in [4.78, 5) is 52.1. The molecule has 1 unspecified atom stereocenters. The van der Waals surface area contributed by atoms with Crippen LogP contribution >= 0.6 is 11.8 Å². The number of nitrogens with one attached hydrogen (secondary N) is 3. The Kier molecular flexibility index (Phi) is 10.6. The number of hydrogen-bond donors (Lipinski definition) is 4. The molecule has 4 N–H and O–H groups in total. The topological polar surface area (TPSA) is 125 Å². The quantitative estimate of drug-likeness (QED) is 0.0871. The van der Waals surface area contributed by atoms with Crippen LogP contribution < -0.4 is 16.0 Å². The van der Waals surface area contributed by atoms with Gasteiger partial charge in [0.15, 0.2) is 0 Å². The molecule has 0 fully saturated rings. The van der Waals surface area contributed by atoms with Crippen LogP contribution in [0.3, 0.4) is 0 Å². The van der Waals surface area contributed by atoms with Gasteiger partial charge >= 0.3 is 5.97 Å². The number of aryl methyl sites for hydroxylation is 1. The van der Waals surface area contributed by atoms with Gasteiger partial charge in [0.05, 0.1) is 5.56 Å². The predicted molar refractivity (Wildman–Crippen MR) is 185 cm³/mol. The van der Waals surface area contributed by atoms with E-state index in [0.29, 0.717) is 21.8 Å². The minimum Gasteiger partial charge on any atom is -0.478 e. The van der Waals surface area contributed by atoms with Crippen LogP contribution in [0.15, 0.2) is 144 Å². The zero-order chi connectivity index (χ0) is 33.2. The number of hydrogen-bond acceptors (Lipinski definition) is 5. The molecular formula is C38H31N3O5S. The molecule has 0 bridgehead atoms. The number of benzene rings is 5. The number of carboxylic acid groups (broad SMARTS) is 1. The summed E-state index contributed by atoms with van der Waals surface area (Å²) >= 11 is 1.30. The molecule has 5 aromatic rings. The zero-order valence-electron chi connectivity index (χ0n) is 25.3. The molecular weight excluding hydrogens is 611 g/mol.